The number of carbonyl (C=O) groups is 1. The van der Waals surface area contributed by atoms with Gasteiger partial charge in [-0.15, -0.1) is 0 Å². The van der Waals surface area contributed by atoms with Gasteiger partial charge in [0, 0.05) is 42.9 Å². The molecule has 1 amide bonds. The van der Waals surface area contributed by atoms with Crippen LogP contribution in [-0.2, 0) is 23.9 Å². The molecule has 31 heavy (non-hydrogen) atoms. The van der Waals surface area contributed by atoms with Crippen molar-refractivity contribution in [1.29, 1.82) is 0 Å². The first-order chi connectivity index (χ1) is 14.7. The van der Waals surface area contributed by atoms with E-state index in [0.29, 0.717) is 17.6 Å². The highest BCUT2D eigenvalue weighted by atomic mass is 79.9. The molecule has 168 valence electrons. The summed E-state index contributed by atoms with van der Waals surface area (Å²) in [6.45, 7) is 6.28. The van der Waals surface area contributed by atoms with Crippen LogP contribution in [0.4, 0.5) is 23.2 Å². The van der Waals surface area contributed by atoms with Crippen LogP contribution in [0.25, 0.3) is 0 Å². The minimum absolute atomic E-state index is 0.0365. The lowest BCUT2D eigenvalue weighted by Gasteiger charge is -2.34. The van der Waals surface area contributed by atoms with Crippen LogP contribution in [0.15, 0.2) is 40.9 Å². The Balaban J connectivity index is 1.71. The molecule has 9 heteroatoms. The zero-order valence-electron chi connectivity index (χ0n) is 17.1. The van der Waals surface area contributed by atoms with Crippen molar-refractivity contribution in [3.05, 3.63) is 63.4 Å². The number of nitrogens with one attached hydrogen (secondary N) is 1. The molecule has 2 aromatic rings. The number of hydrogen-bond acceptors (Lipinski definition) is 3. The van der Waals surface area contributed by atoms with Crippen LogP contribution < -0.4 is 5.32 Å². The van der Waals surface area contributed by atoms with Gasteiger partial charge in [-0.05, 0) is 41.9 Å². The van der Waals surface area contributed by atoms with E-state index in [9.17, 15) is 22.4 Å². The van der Waals surface area contributed by atoms with E-state index in [0.717, 1.165) is 25.7 Å². The van der Waals surface area contributed by atoms with Gasteiger partial charge in [-0.1, -0.05) is 35.0 Å². The molecular formula is C22H24BrF4N3O. The van der Waals surface area contributed by atoms with E-state index in [1.54, 1.807) is 6.07 Å². The zero-order chi connectivity index (χ0) is 22.6. The van der Waals surface area contributed by atoms with Crippen molar-refractivity contribution < 1.29 is 22.4 Å². The third-order valence-corrected chi connectivity index (χ3v) is 5.86. The second-order valence-electron chi connectivity index (χ2n) is 7.54. The van der Waals surface area contributed by atoms with E-state index in [-0.39, 0.29) is 29.8 Å². The summed E-state index contributed by atoms with van der Waals surface area (Å²) < 4.78 is 55.5. The predicted octanol–water partition coefficient (Wildman–Crippen LogP) is 4.93. The third kappa shape index (κ3) is 6.51. The molecule has 0 aromatic heterocycles. The molecule has 1 heterocycles. The molecule has 3 rings (SSSR count). The van der Waals surface area contributed by atoms with E-state index < -0.39 is 23.5 Å². The third-order valence-electron chi connectivity index (χ3n) is 5.37. The van der Waals surface area contributed by atoms with Crippen LogP contribution in [0.3, 0.4) is 0 Å². The molecule has 1 aliphatic heterocycles. The Hall–Kier alpha value is -1.97. The average Bonchev–Trinajstić information content (AvgIpc) is 2.71. The molecule has 1 N–H and O–H groups in total. The number of alkyl halides is 3. The zero-order valence-corrected chi connectivity index (χ0v) is 18.7. The number of likely N-dealkylation sites (N-methyl/N-ethyl adjacent to an activating group) is 1. The van der Waals surface area contributed by atoms with Crippen molar-refractivity contribution in [3.8, 4) is 0 Å². The van der Waals surface area contributed by atoms with Crippen LogP contribution in [-0.4, -0.2) is 48.4 Å². The van der Waals surface area contributed by atoms with Crippen LogP contribution in [0.1, 0.15) is 23.6 Å². The van der Waals surface area contributed by atoms with Crippen molar-refractivity contribution in [2.24, 2.45) is 0 Å². The number of piperazine rings is 1. The Kier molecular flexibility index (Phi) is 7.72. The molecular weight excluding hydrogens is 478 g/mol. The number of halogens is 5. The van der Waals surface area contributed by atoms with Crippen LogP contribution in [0.2, 0.25) is 0 Å². The summed E-state index contributed by atoms with van der Waals surface area (Å²) in [7, 11) is 0. The number of benzene rings is 2. The Morgan fingerprint density at radius 2 is 1.68 bits per heavy atom. The maximum Gasteiger partial charge on any atom is 0.416 e. The summed E-state index contributed by atoms with van der Waals surface area (Å²) in [6.07, 6.45) is -4.82. The summed E-state index contributed by atoms with van der Waals surface area (Å²) >= 11 is 3.14. The minimum Gasteiger partial charge on any atom is -0.326 e. The smallest absolute Gasteiger partial charge is 0.326 e. The van der Waals surface area contributed by atoms with E-state index in [4.69, 9.17) is 0 Å². The molecule has 1 aliphatic rings. The highest BCUT2D eigenvalue weighted by Gasteiger charge is 2.34. The van der Waals surface area contributed by atoms with Gasteiger partial charge in [-0.2, -0.15) is 13.2 Å². The molecule has 0 aliphatic carbocycles. The first kappa shape index (κ1) is 23.7. The number of nitrogens with zero attached hydrogens (tertiary/aromatic N) is 2. The highest BCUT2D eigenvalue weighted by molar-refractivity contribution is 9.10. The SMILES string of the molecule is CCN1CCN(Cc2ccc(NC(=O)Cc3ccc(Br)cc3F)cc2C(F)(F)F)CC1. The van der Waals surface area contributed by atoms with Crippen molar-refractivity contribution in [3.63, 3.8) is 0 Å². The van der Waals surface area contributed by atoms with Gasteiger partial charge < -0.3 is 10.2 Å². The summed E-state index contributed by atoms with van der Waals surface area (Å²) in [5.41, 5.74) is -0.388. The average molecular weight is 502 g/mol. The van der Waals surface area contributed by atoms with Gasteiger partial charge >= 0.3 is 6.18 Å². The van der Waals surface area contributed by atoms with Crippen LogP contribution >= 0.6 is 15.9 Å². The number of hydrogen-bond donors (Lipinski definition) is 1. The van der Waals surface area contributed by atoms with Gasteiger partial charge in [0.15, 0.2) is 0 Å². The van der Waals surface area contributed by atoms with Crippen LogP contribution in [0, 0.1) is 5.82 Å². The van der Waals surface area contributed by atoms with E-state index in [1.807, 2.05) is 4.90 Å². The fourth-order valence-corrected chi connectivity index (χ4v) is 3.94. The largest absolute Gasteiger partial charge is 0.416 e. The van der Waals surface area contributed by atoms with Crippen molar-refractivity contribution >= 4 is 27.5 Å². The molecule has 1 saturated heterocycles. The van der Waals surface area contributed by atoms with Crippen molar-refractivity contribution in [2.45, 2.75) is 26.1 Å². The minimum atomic E-state index is -4.54. The maximum atomic E-state index is 13.9. The van der Waals surface area contributed by atoms with Gasteiger partial charge in [0.05, 0.1) is 12.0 Å². The summed E-state index contributed by atoms with van der Waals surface area (Å²) in [5.74, 6) is -1.14. The lowest BCUT2D eigenvalue weighted by molar-refractivity contribution is -0.138. The molecule has 4 nitrogen and oxygen atoms in total. The van der Waals surface area contributed by atoms with Gasteiger partial charge in [0.25, 0.3) is 0 Å². The molecule has 1 fully saturated rings. The highest BCUT2D eigenvalue weighted by Crippen LogP contribution is 2.34. The van der Waals surface area contributed by atoms with E-state index in [1.165, 1.54) is 24.3 Å². The molecule has 2 aromatic carbocycles. The molecule has 0 saturated carbocycles. The molecule has 0 radical (unpaired) electrons. The van der Waals surface area contributed by atoms with Crippen LogP contribution in [0.5, 0.6) is 0 Å². The topological polar surface area (TPSA) is 35.6 Å². The number of rotatable bonds is 6. The number of amides is 1. The van der Waals surface area contributed by atoms with Gasteiger partial charge in [-0.25, -0.2) is 4.39 Å². The first-order valence-corrected chi connectivity index (χ1v) is 10.8. The second-order valence-corrected chi connectivity index (χ2v) is 8.46. The van der Waals surface area contributed by atoms with Gasteiger partial charge in [0.1, 0.15) is 5.82 Å². The van der Waals surface area contributed by atoms with Crippen molar-refractivity contribution in [2.75, 3.05) is 38.0 Å². The standard InChI is InChI=1S/C22H24BrF4N3O/c1-2-29-7-9-30(10-8-29)14-16-4-6-18(13-19(16)22(25,26)27)28-21(31)11-15-3-5-17(23)12-20(15)24/h3-6,12-13H,2,7-11,14H2,1H3,(H,28,31). The molecule has 0 bridgehead atoms. The Morgan fingerprint density at radius 3 is 2.29 bits per heavy atom. The number of carbonyl (C=O) groups excluding carboxylic acids is 1. The fourth-order valence-electron chi connectivity index (χ4n) is 3.60. The normalized spacial score (nSPS) is 15.8. The Labute approximate surface area is 187 Å². The quantitative estimate of drug-likeness (QED) is 0.570. The van der Waals surface area contributed by atoms with E-state index in [2.05, 4.69) is 33.1 Å². The summed E-state index contributed by atoms with van der Waals surface area (Å²) in [5, 5.41) is 2.45. The second kappa shape index (κ2) is 10.1. The monoisotopic (exact) mass is 501 g/mol. The fraction of sp³-hybridized carbons (Fsp3) is 0.409. The maximum absolute atomic E-state index is 13.9. The van der Waals surface area contributed by atoms with Crippen molar-refractivity contribution in [1.82, 2.24) is 9.80 Å². The summed E-state index contributed by atoms with van der Waals surface area (Å²) in [4.78, 5) is 16.5. The lowest BCUT2D eigenvalue weighted by atomic mass is 10.0. The Morgan fingerprint density at radius 1 is 1.03 bits per heavy atom. The lowest BCUT2D eigenvalue weighted by Crippen LogP contribution is -2.45. The summed E-state index contributed by atoms with van der Waals surface area (Å²) in [6, 6.07) is 8.12. The Bertz CT molecular complexity index is 927. The molecule has 0 spiro atoms. The van der Waals surface area contributed by atoms with Gasteiger partial charge in [0.2, 0.25) is 5.91 Å². The van der Waals surface area contributed by atoms with Gasteiger partial charge in [-0.3, -0.25) is 9.69 Å². The first-order valence-electron chi connectivity index (χ1n) is 10.0. The van der Waals surface area contributed by atoms with E-state index >= 15 is 0 Å². The number of anilines is 1. The molecule has 0 atom stereocenters. The molecule has 0 unspecified atom stereocenters. The predicted molar refractivity (Wildman–Crippen MR) is 115 cm³/mol.